The van der Waals surface area contributed by atoms with E-state index >= 15 is 0 Å². The maximum absolute atomic E-state index is 13.9. The van der Waals surface area contributed by atoms with Crippen LogP contribution < -0.4 is 9.62 Å². The predicted molar refractivity (Wildman–Crippen MR) is 157 cm³/mol. The maximum Gasteiger partial charge on any atom is 0.264 e. The normalized spacial score (nSPS) is 12.9. The van der Waals surface area contributed by atoms with Crippen molar-refractivity contribution in [3.8, 4) is 0 Å². The van der Waals surface area contributed by atoms with Crippen LogP contribution in [0.4, 0.5) is 5.69 Å². The maximum atomic E-state index is 13.9. The minimum Gasteiger partial charge on any atom is -0.352 e. The highest BCUT2D eigenvalue weighted by atomic mass is 35.5. The molecule has 0 bridgehead atoms. The van der Waals surface area contributed by atoms with Gasteiger partial charge in [0.2, 0.25) is 11.8 Å². The highest BCUT2D eigenvalue weighted by Gasteiger charge is 2.33. The average Bonchev–Trinajstić information content (AvgIpc) is 2.91. The lowest BCUT2D eigenvalue weighted by molar-refractivity contribution is -0.139. The topological polar surface area (TPSA) is 86.8 Å². The first-order valence-corrected chi connectivity index (χ1v) is 14.8. The van der Waals surface area contributed by atoms with Crippen molar-refractivity contribution in [1.29, 1.82) is 0 Å². The summed E-state index contributed by atoms with van der Waals surface area (Å²) in [6.07, 6.45) is 0.720. The first-order valence-electron chi connectivity index (χ1n) is 12.6. The van der Waals surface area contributed by atoms with Gasteiger partial charge >= 0.3 is 0 Å². The Morgan fingerprint density at radius 1 is 0.923 bits per heavy atom. The van der Waals surface area contributed by atoms with E-state index in [0.29, 0.717) is 21.3 Å². The van der Waals surface area contributed by atoms with Crippen molar-refractivity contribution >= 4 is 50.7 Å². The fraction of sp³-hybridized carbons (Fsp3) is 0.310. The number of amides is 2. The number of sulfonamides is 1. The van der Waals surface area contributed by atoms with Crippen molar-refractivity contribution in [1.82, 2.24) is 10.2 Å². The largest absolute Gasteiger partial charge is 0.352 e. The van der Waals surface area contributed by atoms with Crippen molar-refractivity contribution < 1.29 is 18.0 Å². The molecule has 0 spiro atoms. The molecule has 7 nitrogen and oxygen atoms in total. The lowest BCUT2D eigenvalue weighted by Gasteiger charge is -2.32. The molecule has 0 heterocycles. The molecule has 0 aliphatic rings. The first kappa shape index (κ1) is 30.5. The van der Waals surface area contributed by atoms with Crippen molar-refractivity contribution in [2.45, 2.75) is 57.6 Å². The van der Waals surface area contributed by atoms with E-state index in [1.165, 1.54) is 29.2 Å². The van der Waals surface area contributed by atoms with Crippen molar-refractivity contribution in [2.75, 3.05) is 10.8 Å². The van der Waals surface area contributed by atoms with E-state index < -0.39 is 28.5 Å². The van der Waals surface area contributed by atoms with E-state index in [-0.39, 0.29) is 23.4 Å². The van der Waals surface area contributed by atoms with Gasteiger partial charge in [-0.3, -0.25) is 13.9 Å². The van der Waals surface area contributed by atoms with Crippen LogP contribution in [0.1, 0.15) is 38.3 Å². The molecule has 39 heavy (non-hydrogen) atoms. The molecule has 0 fully saturated rings. The smallest absolute Gasteiger partial charge is 0.264 e. The summed E-state index contributed by atoms with van der Waals surface area (Å²) in [7, 11) is -4.16. The molecule has 3 rings (SSSR count). The minimum atomic E-state index is -4.16. The van der Waals surface area contributed by atoms with Crippen LogP contribution in [0.2, 0.25) is 10.0 Å². The highest BCUT2D eigenvalue weighted by molar-refractivity contribution is 7.92. The van der Waals surface area contributed by atoms with Gasteiger partial charge in [0.25, 0.3) is 10.0 Å². The summed E-state index contributed by atoms with van der Waals surface area (Å²) in [5.74, 6) is -0.896. The molecular formula is C29H33Cl2N3O4S. The van der Waals surface area contributed by atoms with Gasteiger partial charge in [-0.25, -0.2) is 8.42 Å². The molecule has 10 heteroatoms. The number of aryl methyl sites for hydroxylation is 1. The number of hydrogen-bond donors (Lipinski definition) is 1. The number of carbonyl (C=O) groups is 2. The third-order valence-corrected chi connectivity index (χ3v) is 8.88. The zero-order chi connectivity index (χ0) is 28.7. The SMILES string of the molecule is CC[C@H](C)NC(=O)[C@H](C)N(Cc1ccccc1Cl)C(=O)CN(c1ccc(C)cc1)S(=O)(=O)c1ccc(Cl)cc1. The van der Waals surface area contributed by atoms with Crippen LogP contribution >= 0.6 is 23.2 Å². The van der Waals surface area contributed by atoms with Crippen LogP contribution in [0.15, 0.2) is 77.7 Å². The van der Waals surface area contributed by atoms with Crippen LogP contribution in [0.3, 0.4) is 0 Å². The lowest BCUT2D eigenvalue weighted by Crippen LogP contribution is -2.52. The molecule has 2 atom stereocenters. The second-order valence-electron chi connectivity index (χ2n) is 9.41. The van der Waals surface area contributed by atoms with Gasteiger partial charge in [0.05, 0.1) is 10.6 Å². The summed E-state index contributed by atoms with van der Waals surface area (Å²) >= 11 is 12.4. The summed E-state index contributed by atoms with van der Waals surface area (Å²) < 4.78 is 28.7. The molecule has 0 unspecified atom stereocenters. The molecule has 2 amide bonds. The molecule has 0 saturated heterocycles. The monoisotopic (exact) mass is 589 g/mol. The van der Waals surface area contributed by atoms with Gasteiger partial charge < -0.3 is 10.2 Å². The van der Waals surface area contributed by atoms with Crippen molar-refractivity contribution in [3.63, 3.8) is 0 Å². The number of rotatable bonds is 11. The molecule has 208 valence electrons. The van der Waals surface area contributed by atoms with Gasteiger partial charge in [-0.15, -0.1) is 0 Å². The summed E-state index contributed by atoms with van der Waals surface area (Å²) in [5.41, 5.74) is 1.89. The standard InChI is InChI=1S/C29H33Cl2N3O4S/c1-5-21(3)32-29(36)22(4)33(18-23-8-6-7-9-27(23)31)28(35)19-34(25-14-10-20(2)11-15-25)39(37,38)26-16-12-24(30)13-17-26/h6-17,21-22H,5,18-19H2,1-4H3,(H,32,36)/t21-,22-/m0/s1. The van der Waals surface area contributed by atoms with Crippen LogP contribution in [-0.4, -0.2) is 43.8 Å². The number of carbonyl (C=O) groups excluding carboxylic acids is 2. The fourth-order valence-electron chi connectivity index (χ4n) is 3.83. The number of hydrogen-bond acceptors (Lipinski definition) is 4. The molecule has 0 saturated carbocycles. The molecular weight excluding hydrogens is 557 g/mol. The average molecular weight is 591 g/mol. The summed E-state index contributed by atoms with van der Waals surface area (Å²) in [6.45, 7) is 6.83. The molecule has 0 aliphatic carbocycles. The molecule has 0 aliphatic heterocycles. The zero-order valence-electron chi connectivity index (χ0n) is 22.4. The third-order valence-electron chi connectivity index (χ3n) is 6.47. The molecule has 0 radical (unpaired) electrons. The van der Waals surface area contributed by atoms with Gasteiger partial charge in [-0.1, -0.05) is 66.0 Å². The second-order valence-corrected chi connectivity index (χ2v) is 12.1. The quantitative estimate of drug-likeness (QED) is 0.305. The number of benzene rings is 3. The third kappa shape index (κ3) is 7.75. The Balaban J connectivity index is 2.03. The number of nitrogens with zero attached hydrogens (tertiary/aromatic N) is 2. The first-order chi connectivity index (χ1) is 18.4. The van der Waals surface area contributed by atoms with E-state index in [4.69, 9.17) is 23.2 Å². The van der Waals surface area contributed by atoms with Gasteiger partial charge in [0.15, 0.2) is 0 Å². The summed E-state index contributed by atoms with van der Waals surface area (Å²) in [6, 6.07) is 18.6. The van der Waals surface area contributed by atoms with Gasteiger partial charge in [-0.2, -0.15) is 0 Å². The molecule has 3 aromatic rings. The van der Waals surface area contributed by atoms with Crippen molar-refractivity contribution in [3.05, 3.63) is 94.0 Å². The molecule has 0 aromatic heterocycles. The number of anilines is 1. The van der Waals surface area contributed by atoms with E-state index in [0.717, 1.165) is 16.3 Å². The van der Waals surface area contributed by atoms with Crippen molar-refractivity contribution in [2.24, 2.45) is 0 Å². The Hall–Kier alpha value is -3.07. The van der Waals surface area contributed by atoms with E-state index in [1.807, 2.05) is 20.8 Å². The Morgan fingerprint density at radius 2 is 1.54 bits per heavy atom. The Bertz CT molecular complexity index is 1400. The lowest BCUT2D eigenvalue weighted by atomic mass is 10.1. The Morgan fingerprint density at radius 3 is 2.13 bits per heavy atom. The number of nitrogens with one attached hydrogen (secondary N) is 1. The summed E-state index contributed by atoms with van der Waals surface area (Å²) in [4.78, 5) is 28.4. The Kier molecular flexibility index (Phi) is 10.4. The summed E-state index contributed by atoms with van der Waals surface area (Å²) in [5, 5.41) is 3.73. The molecule has 3 aromatic carbocycles. The predicted octanol–water partition coefficient (Wildman–Crippen LogP) is 5.83. The van der Waals surface area contributed by atoms with E-state index in [9.17, 15) is 18.0 Å². The zero-order valence-corrected chi connectivity index (χ0v) is 24.7. The van der Waals surface area contributed by atoms with Crippen LogP contribution in [0, 0.1) is 6.92 Å². The van der Waals surface area contributed by atoms with Gasteiger partial charge in [0.1, 0.15) is 12.6 Å². The van der Waals surface area contributed by atoms with E-state index in [1.54, 1.807) is 55.5 Å². The van der Waals surface area contributed by atoms with Gasteiger partial charge in [0, 0.05) is 22.6 Å². The van der Waals surface area contributed by atoms with E-state index in [2.05, 4.69) is 5.32 Å². The van der Waals surface area contributed by atoms with Gasteiger partial charge in [-0.05, 0) is 75.2 Å². The number of halogens is 2. The van der Waals surface area contributed by atoms with Crippen LogP contribution in [0.5, 0.6) is 0 Å². The van der Waals surface area contributed by atoms with Crippen LogP contribution in [-0.2, 0) is 26.2 Å². The van der Waals surface area contributed by atoms with Crippen LogP contribution in [0.25, 0.3) is 0 Å². The Labute approximate surface area is 240 Å². The minimum absolute atomic E-state index is 0.0134. The molecule has 1 N–H and O–H groups in total. The highest BCUT2D eigenvalue weighted by Crippen LogP contribution is 2.26. The fourth-order valence-corrected chi connectivity index (χ4v) is 5.57. The second kappa shape index (κ2) is 13.3.